The molecule has 4 nitrogen and oxygen atoms in total. The number of hydrogen-bond acceptors (Lipinski definition) is 4. The standard InChI is InChI=1S/C14H19NO3/c1-3-15-11-4-7-13(14(10-11)16-2)18-9-8-17-12-5-6-12/h3-4,7,10,12H,5-6,8-9H2,1-2H3/b15-3+. The Morgan fingerprint density at radius 3 is 2.78 bits per heavy atom. The van der Waals surface area contributed by atoms with E-state index in [1.54, 1.807) is 13.3 Å². The SMILES string of the molecule is C/C=N/c1ccc(OCCOC2CC2)c(OC)c1. The topological polar surface area (TPSA) is 40.0 Å². The first-order valence-electron chi connectivity index (χ1n) is 6.24. The molecule has 0 aromatic heterocycles. The van der Waals surface area contributed by atoms with Crippen molar-refractivity contribution in [2.75, 3.05) is 20.3 Å². The fourth-order valence-electron chi connectivity index (χ4n) is 1.61. The second-order valence-electron chi connectivity index (χ2n) is 4.14. The van der Waals surface area contributed by atoms with Gasteiger partial charge in [0.25, 0.3) is 0 Å². The third kappa shape index (κ3) is 3.74. The highest BCUT2D eigenvalue weighted by molar-refractivity contribution is 5.62. The van der Waals surface area contributed by atoms with Crippen molar-refractivity contribution in [2.45, 2.75) is 25.9 Å². The first kappa shape index (κ1) is 12.9. The Labute approximate surface area is 108 Å². The van der Waals surface area contributed by atoms with Crippen molar-refractivity contribution in [2.24, 2.45) is 4.99 Å². The maximum atomic E-state index is 5.64. The predicted octanol–water partition coefficient (Wildman–Crippen LogP) is 2.98. The molecule has 0 atom stereocenters. The van der Waals surface area contributed by atoms with E-state index >= 15 is 0 Å². The molecule has 0 spiro atoms. The lowest BCUT2D eigenvalue weighted by Gasteiger charge is -2.11. The van der Waals surface area contributed by atoms with E-state index < -0.39 is 0 Å². The molecule has 0 saturated heterocycles. The Balaban J connectivity index is 1.89. The van der Waals surface area contributed by atoms with Gasteiger partial charge in [0.15, 0.2) is 11.5 Å². The summed E-state index contributed by atoms with van der Waals surface area (Å²) in [6.07, 6.45) is 4.59. The lowest BCUT2D eigenvalue weighted by atomic mass is 10.3. The first-order valence-corrected chi connectivity index (χ1v) is 6.24. The van der Waals surface area contributed by atoms with Gasteiger partial charge in [-0.15, -0.1) is 0 Å². The lowest BCUT2D eigenvalue weighted by Crippen LogP contribution is -2.08. The number of rotatable bonds is 7. The smallest absolute Gasteiger partial charge is 0.162 e. The molecule has 0 aliphatic heterocycles. The van der Waals surface area contributed by atoms with E-state index in [4.69, 9.17) is 14.2 Å². The minimum Gasteiger partial charge on any atom is -0.493 e. The van der Waals surface area contributed by atoms with Crippen molar-refractivity contribution < 1.29 is 14.2 Å². The number of methoxy groups -OCH3 is 1. The number of aliphatic imine (C=N–C) groups is 1. The summed E-state index contributed by atoms with van der Waals surface area (Å²) in [6.45, 7) is 3.05. The molecule has 1 aromatic rings. The van der Waals surface area contributed by atoms with E-state index in [0.29, 0.717) is 25.1 Å². The molecule has 1 aromatic carbocycles. The number of ether oxygens (including phenoxy) is 3. The van der Waals surface area contributed by atoms with Gasteiger partial charge in [0.2, 0.25) is 0 Å². The highest BCUT2D eigenvalue weighted by Crippen LogP contribution is 2.31. The average molecular weight is 249 g/mol. The van der Waals surface area contributed by atoms with Crippen molar-refractivity contribution in [1.82, 2.24) is 0 Å². The zero-order valence-corrected chi connectivity index (χ0v) is 10.9. The Hall–Kier alpha value is -1.55. The van der Waals surface area contributed by atoms with Crippen LogP contribution in [0.1, 0.15) is 19.8 Å². The van der Waals surface area contributed by atoms with Crippen LogP contribution < -0.4 is 9.47 Å². The highest BCUT2D eigenvalue weighted by Gasteiger charge is 2.21. The van der Waals surface area contributed by atoms with Crippen LogP contribution in [0, 0.1) is 0 Å². The molecular weight excluding hydrogens is 230 g/mol. The number of hydrogen-bond donors (Lipinski definition) is 0. The molecule has 0 unspecified atom stereocenters. The summed E-state index contributed by atoms with van der Waals surface area (Å²) in [7, 11) is 1.63. The third-order valence-electron chi connectivity index (χ3n) is 2.64. The molecule has 0 bridgehead atoms. The molecule has 1 fully saturated rings. The second kappa shape index (κ2) is 6.40. The summed E-state index contributed by atoms with van der Waals surface area (Å²) < 4.78 is 16.4. The van der Waals surface area contributed by atoms with Gasteiger partial charge >= 0.3 is 0 Å². The molecule has 1 aliphatic rings. The average Bonchev–Trinajstić information content (AvgIpc) is 3.20. The van der Waals surface area contributed by atoms with Gasteiger partial charge in [0.1, 0.15) is 6.61 Å². The highest BCUT2D eigenvalue weighted by atomic mass is 16.5. The lowest BCUT2D eigenvalue weighted by molar-refractivity contribution is 0.0871. The van der Waals surface area contributed by atoms with Crippen molar-refractivity contribution in [3.63, 3.8) is 0 Å². The van der Waals surface area contributed by atoms with Crippen LogP contribution in [0.4, 0.5) is 5.69 Å². The van der Waals surface area contributed by atoms with Crippen molar-refractivity contribution >= 4 is 11.9 Å². The molecule has 1 saturated carbocycles. The van der Waals surface area contributed by atoms with Crippen LogP contribution in [0.2, 0.25) is 0 Å². The summed E-state index contributed by atoms with van der Waals surface area (Å²) in [5.41, 5.74) is 0.857. The van der Waals surface area contributed by atoms with Gasteiger partial charge in [-0.25, -0.2) is 0 Å². The summed E-state index contributed by atoms with van der Waals surface area (Å²) >= 11 is 0. The zero-order valence-electron chi connectivity index (χ0n) is 10.9. The largest absolute Gasteiger partial charge is 0.493 e. The normalized spacial score (nSPS) is 15.0. The Kier molecular flexibility index (Phi) is 4.59. The van der Waals surface area contributed by atoms with E-state index in [-0.39, 0.29) is 0 Å². The molecule has 0 radical (unpaired) electrons. The number of nitrogens with zero attached hydrogens (tertiary/aromatic N) is 1. The minimum atomic E-state index is 0.469. The predicted molar refractivity (Wildman–Crippen MR) is 71.3 cm³/mol. The van der Waals surface area contributed by atoms with Crippen LogP contribution >= 0.6 is 0 Å². The Bertz CT molecular complexity index is 414. The van der Waals surface area contributed by atoms with Crippen LogP contribution in [0.5, 0.6) is 11.5 Å². The summed E-state index contributed by atoms with van der Waals surface area (Å²) in [4.78, 5) is 4.20. The minimum absolute atomic E-state index is 0.469. The Morgan fingerprint density at radius 2 is 2.11 bits per heavy atom. The fraction of sp³-hybridized carbons (Fsp3) is 0.500. The van der Waals surface area contributed by atoms with Crippen LogP contribution in [0.3, 0.4) is 0 Å². The first-order chi connectivity index (χ1) is 8.83. The van der Waals surface area contributed by atoms with E-state index in [1.165, 1.54) is 12.8 Å². The zero-order chi connectivity index (χ0) is 12.8. The van der Waals surface area contributed by atoms with Gasteiger partial charge in [-0.1, -0.05) is 0 Å². The van der Waals surface area contributed by atoms with Crippen molar-refractivity contribution in [3.8, 4) is 11.5 Å². The van der Waals surface area contributed by atoms with E-state index in [1.807, 2.05) is 25.1 Å². The molecule has 18 heavy (non-hydrogen) atoms. The van der Waals surface area contributed by atoms with E-state index in [9.17, 15) is 0 Å². The molecule has 4 heteroatoms. The van der Waals surface area contributed by atoms with Gasteiger partial charge in [-0.3, -0.25) is 4.99 Å². The van der Waals surface area contributed by atoms with Crippen LogP contribution in [0.15, 0.2) is 23.2 Å². The second-order valence-corrected chi connectivity index (χ2v) is 4.14. The Morgan fingerprint density at radius 1 is 1.28 bits per heavy atom. The molecule has 0 heterocycles. The van der Waals surface area contributed by atoms with Crippen molar-refractivity contribution in [1.29, 1.82) is 0 Å². The third-order valence-corrected chi connectivity index (χ3v) is 2.64. The monoisotopic (exact) mass is 249 g/mol. The molecule has 1 aliphatic carbocycles. The molecule has 0 amide bonds. The van der Waals surface area contributed by atoms with Crippen molar-refractivity contribution in [3.05, 3.63) is 18.2 Å². The van der Waals surface area contributed by atoms with Gasteiger partial charge in [-0.05, 0) is 31.9 Å². The van der Waals surface area contributed by atoms with Gasteiger partial charge in [-0.2, -0.15) is 0 Å². The van der Waals surface area contributed by atoms with Gasteiger partial charge in [0, 0.05) is 12.3 Å². The molecular formula is C14H19NO3. The van der Waals surface area contributed by atoms with Crippen LogP contribution in [-0.2, 0) is 4.74 Å². The summed E-state index contributed by atoms with van der Waals surface area (Å²) in [5.74, 6) is 1.43. The summed E-state index contributed by atoms with van der Waals surface area (Å²) in [5, 5.41) is 0. The maximum Gasteiger partial charge on any atom is 0.162 e. The molecule has 0 N–H and O–H groups in total. The maximum absolute atomic E-state index is 5.64. The van der Waals surface area contributed by atoms with Gasteiger partial charge < -0.3 is 14.2 Å². The van der Waals surface area contributed by atoms with Crippen LogP contribution in [0.25, 0.3) is 0 Å². The van der Waals surface area contributed by atoms with Gasteiger partial charge in [0.05, 0.1) is 25.5 Å². The van der Waals surface area contributed by atoms with Crippen LogP contribution in [-0.4, -0.2) is 32.6 Å². The number of benzene rings is 1. The summed E-state index contributed by atoms with van der Waals surface area (Å²) in [6, 6.07) is 5.63. The molecule has 98 valence electrons. The molecule has 2 rings (SSSR count). The van der Waals surface area contributed by atoms with E-state index in [2.05, 4.69) is 4.99 Å². The fourth-order valence-corrected chi connectivity index (χ4v) is 1.61. The quantitative estimate of drug-likeness (QED) is 0.551. The van der Waals surface area contributed by atoms with E-state index in [0.717, 1.165) is 11.4 Å².